The van der Waals surface area contributed by atoms with E-state index in [0.29, 0.717) is 11.5 Å². The largest absolute Gasteiger partial charge is 0.345 e. The zero-order valence-electron chi connectivity index (χ0n) is 10.3. The fourth-order valence-corrected chi connectivity index (χ4v) is 1.36. The predicted molar refractivity (Wildman–Crippen MR) is 61.7 cm³/mol. The molecule has 0 saturated carbocycles. The molecule has 1 aromatic heterocycles. The number of carbonyl (C=O) groups excluding carboxylic acids is 1. The van der Waals surface area contributed by atoms with Crippen molar-refractivity contribution >= 4 is 5.91 Å². The van der Waals surface area contributed by atoms with Crippen molar-refractivity contribution in [3.63, 3.8) is 0 Å². The number of nitrogens with zero attached hydrogens (tertiary/aromatic N) is 2. The Morgan fingerprint density at radius 3 is 2.31 bits per heavy atom. The van der Waals surface area contributed by atoms with E-state index in [1.165, 1.54) is 4.90 Å². The summed E-state index contributed by atoms with van der Waals surface area (Å²) in [6, 6.07) is 0. The van der Waals surface area contributed by atoms with Gasteiger partial charge < -0.3 is 9.88 Å². The third kappa shape index (κ3) is 2.29. The molecule has 5 heteroatoms. The minimum Gasteiger partial charge on any atom is -0.345 e. The summed E-state index contributed by atoms with van der Waals surface area (Å²) < 4.78 is 0. The molecule has 1 aromatic rings. The highest BCUT2D eigenvalue weighted by molar-refractivity contribution is 5.94. The first-order valence-electron chi connectivity index (χ1n) is 5.17. The van der Waals surface area contributed by atoms with Gasteiger partial charge in [-0.2, -0.15) is 0 Å². The van der Waals surface area contributed by atoms with Gasteiger partial charge in [-0.1, -0.05) is 13.8 Å². The molecule has 0 aromatic carbocycles. The van der Waals surface area contributed by atoms with Crippen LogP contribution in [0.5, 0.6) is 0 Å². The summed E-state index contributed by atoms with van der Waals surface area (Å²) in [5.41, 5.74) is 0.232. The van der Waals surface area contributed by atoms with Gasteiger partial charge in [-0.05, 0) is 6.92 Å². The van der Waals surface area contributed by atoms with Gasteiger partial charge in [0, 0.05) is 20.0 Å². The van der Waals surface area contributed by atoms with E-state index in [-0.39, 0.29) is 22.9 Å². The molecular formula is C11H17N3O2. The lowest BCUT2D eigenvalue weighted by molar-refractivity contribution is 0.0824. The van der Waals surface area contributed by atoms with E-state index in [1.54, 1.807) is 21.0 Å². The Balaban J connectivity index is 3.34. The molecule has 88 valence electrons. The monoisotopic (exact) mass is 223 g/mol. The fourth-order valence-electron chi connectivity index (χ4n) is 1.36. The van der Waals surface area contributed by atoms with Crippen molar-refractivity contribution in [1.82, 2.24) is 14.9 Å². The number of H-pyrrole nitrogens is 1. The lowest BCUT2D eigenvalue weighted by Gasteiger charge is -2.12. The number of amides is 1. The minimum absolute atomic E-state index is 0.120. The van der Waals surface area contributed by atoms with Crippen molar-refractivity contribution in [3.8, 4) is 0 Å². The number of nitrogens with one attached hydrogen (secondary N) is 1. The highest BCUT2D eigenvalue weighted by Gasteiger charge is 2.18. The molecule has 16 heavy (non-hydrogen) atoms. The molecule has 0 aliphatic rings. The highest BCUT2D eigenvalue weighted by Crippen LogP contribution is 2.09. The van der Waals surface area contributed by atoms with E-state index in [4.69, 9.17) is 0 Å². The van der Waals surface area contributed by atoms with Crippen molar-refractivity contribution in [2.75, 3.05) is 14.1 Å². The normalized spacial score (nSPS) is 10.6. The average Bonchev–Trinajstić information content (AvgIpc) is 2.15. The quantitative estimate of drug-likeness (QED) is 0.810. The lowest BCUT2D eigenvalue weighted by atomic mass is 10.1. The molecular weight excluding hydrogens is 206 g/mol. The van der Waals surface area contributed by atoms with Crippen LogP contribution in [0.15, 0.2) is 4.79 Å². The Bertz CT molecular complexity index is 461. The lowest BCUT2D eigenvalue weighted by Crippen LogP contribution is -2.31. The van der Waals surface area contributed by atoms with Gasteiger partial charge in [0.15, 0.2) is 0 Å². The molecule has 1 N–H and O–H groups in total. The second kappa shape index (κ2) is 4.47. The maximum atomic E-state index is 11.8. The summed E-state index contributed by atoms with van der Waals surface area (Å²) in [6.45, 7) is 5.55. The smallest absolute Gasteiger partial charge is 0.264 e. The maximum absolute atomic E-state index is 11.8. The van der Waals surface area contributed by atoms with Crippen molar-refractivity contribution in [1.29, 1.82) is 0 Å². The van der Waals surface area contributed by atoms with E-state index in [0.717, 1.165) is 0 Å². The summed E-state index contributed by atoms with van der Waals surface area (Å²) in [5, 5.41) is 0. The molecule has 0 aliphatic heterocycles. The fraction of sp³-hybridized carbons (Fsp3) is 0.545. The topological polar surface area (TPSA) is 66.1 Å². The van der Waals surface area contributed by atoms with Gasteiger partial charge in [0.25, 0.3) is 11.5 Å². The van der Waals surface area contributed by atoms with Gasteiger partial charge in [0.05, 0.1) is 5.69 Å². The van der Waals surface area contributed by atoms with Crippen LogP contribution in [0.2, 0.25) is 0 Å². The first kappa shape index (κ1) is 12.4. The molecule has 0 fully saturated rings. The number of aryl methyl sites for hydroxylation is 1. The summed E-state index contributed by atoms with van der Waals surface area (Å²) in [7, 11) is 3.22. The standard InChI is InChI=1S/C11H17N3O2/c1-6(2)9-12-7(3)8(10(15)13-9)11(16)14(4)5/h6H,1-5H3,(H,12,13,15). The summed E-state index contributed by atoms with van der Waals surface area (Å²) in [5.74, 6) is 0.425. The van der Waals surface area contributed by atoms with Crippen LogP contribution in [0.1, 0.15) is 41.6 Å². The van der Waals surface area contributed by atoms with Crippen LogP contribution in [0.25, 0.3) is 0 Å². The van der Waals surface area contributed by atoms with Crippen molar-refractivity contribution < 1.29 is 4.79 Å². The molecule has 0 radical (unpaired) electrons. The number of carbonyl (C=O) groups is 1. The molecule has 0 spiro atoms. The van der Waals surface area contributed by atoms with E-state index in [1.807, 2.05) is 13.8 Å². The van der Waals surface area contributed by atoms with Gasteiger partial charge in [-0.15, -0.1) is 0 Å². The first-order valence-corrected chi connectivity index (χ1v) is 5.17. The second-order valence-electron chi connectivity index (χ2n) is 4.27. The van der Waals surface area contributed by atoms with Crippen molar-refractivity contribution in [3.05, 3.63) is 27.4 Å². The third-order valence-corrected chi connectivity index (χ3v) is 2.29. The van der Waals surface area contributed by atoms with Gasteiger partial charge in [0.1, 0.15) is 11.4 Å². The van der Waals surface area contributed by atoms with Crippen LogP contribution >= 0.6 is 0 Å². The Morgan fingerprint density at radius 2 is 1.94 bits per heavy atom. The van der Waals surface area contributed by atoms with Crippen molar-refractivity contribution in [2.24, 2.45) is 0 Å². The SMILES string of the molecule is Cc1nc(C(C)C)[nH]c(=O)c1C(=O)N(C)C. The highest BCUT2D eigenvalue weighted by atomic mass is 16.2. The molecule has 1 heterocycles. The Hall–Kier alpha value is -1.65. The van der Waals surface area contributed by atoms with E-state index in [2.05, 4.69) is 9.97 Å². The molecule has 0 bridgehead atoms. The van der Waals surface area contributed by atoms with E-state index in [9.17, 15) is 9.59 Å². The number of hydrogen-bond donors (Lipinski definition) is 1. The molecule has 0 aliphatic carbocycles. The van der Waals surface area contributed by atoms with Gasteiger partial charge in [-0.25, -0.2) is 4.98 Å². The molecule has 1 amide bonds. The molecule has 0 atom stereocenters. The third-order valence-electron chi connectivity index (χ3n) is 2.29. The summed E-state index contributed by atoms with van der Waals surface area (Å²) in [4.78, 5) is 31.7. The minimum atomic E-state index is -0.366. The van der Waals surface area contributed by atoms with Crippen molar-refractivity contribution in [2.45, 2.75) is 26.7 Å². The number of rotatable bonds is 2. The summed E-state index contributed by atoms with van der Waals surface area (Å²) >= 11 is 0. The van der Waals surface area contributed by atoms with Crippen LogP contribution < -0.4 is 5.56 Å². The number of aromatic amines is 1. The number of aromatic nitrogens is 2. The predicted octanol–water partition coefficient (Wildman–Crippen LogP) is 0.904. The van der Waals surface area contributed by atoms with Gasteiger partial charge >= 0.3 is 0 Å². The second-order valence-corrected chi connectivity index (χ2v) is 4.27. The summed E-state index contributed by atoms with van der Waals surface area (Å²) in [6.07, 6.45) is 0. The van der Waals surface area contributed by atoms with E-state index >= 15 is 0 Å². The Kier molecular flexibility index (Phi) is 3.47. The van der Waals surface area contributed by atoms with Crippen LogP contribution in [-0.4, -0.2) is 34.9 Å². The van der Waals surface area contributed by atoms with Crippen LogP contribution in [-0.2, 0) is 0 Å². The Labute approximate surface area is 94.5 Å². The zero-order valence-corrected chi connectivity index (χ0v) is 10.3. The van der Waals surface area contributed by atoms with Crippen LogP contribution in [0, 0.1) is 6.92 Å². The average molecular weight is 223 g/mol. The molecule has 0 unspecified atom stereocenters. The van der Waals surface area contributed by atoms with E-state index < -0.39 is 0 Å². The Morgan fingerprint density at radius 1 is 1.38 bits per heavy atom. The maximum Gasteiger partial charge on any atom is 0.264 e. The molecule has 1 rings (SSSR count). The molecule has 5 nitrogen and oxygen atoms in total. The van der Waals surface area contributed by atoms with Crippen LogP contribution in [0.3, 0.4) is 0 Å². The van der Waals surface area contributed by atoms with Gasteiger partial charge in [-0.3, -0.25) is 9.59 Å². The number of hydrogen-bond acceptors (Lipinski definition) is 3. The zero-order chi connectivity index (χ0) is 12.5. The first-order chi connectivity index (χ1) is 7.34. The van der Waals surface area contributed by atoms with Gasteiger partial charge in [0.2, 0.25) is 0 Å². The molecule has 0 saturated heterocycles. The van der Waals surface area contributed by atoms with Crippen LogP contribution in [0.4, 0.5) is 0 Å².